The smallest absolute Gasteiger partial charge is 0.0877 e. The minimum Gasteiger partial charge on any atom is -0.194 e. The van der Waals surface area contributed by atoms with E-state index in [1.165, 1.54) is 0 Å². The van der Waals surface area contributed by atoms with Crippen molar-refractivity contribution in [3.05, 3.63) is 6.92 Å². The summed E-state index contributed by atoms with van der Waals surface area (Å²) in [6.45, 7) is 2.91. The lowest BCUT2D eigenvalue weighted by Crippen LogP contribution is -1.67. The predicted octanol–water partition coefficient (Wildman–Crippen LogP) is 0.722. The summed E-state index contributed by atoms with van der Waals surface area (Å²) in [4.78, 5) is 2.93. The number of hydrogen-bond donors (Lipinski definition) is 0. The third kappa shape index (κ3) is 1.89. The van der Waals surface area contributed by atoms with Crippen LogP contribution in [0, 0.1) is 6.92 Å². The summed E-state index contributed by atoms with van der Waals surface area (Å²) >= 11 is 0. The molecule has 0 aromatic heterocycles. The van der Waals surface area contributed by atoms with Crippen molar-refractivity contribution in [2.24, 2.45) is 0 Å². The molecule has 0 spiro atoms. The molecule has 1 nitrogen and oxygen atoms in total. The summed E-state index contributed by atoms with van der Waals surface area (Å²) in [5.41, 5.74) is 0. The minimum atomic E-state index is -0.0972. The van der Waals surface area contributed by atoms with Gasteiger partial charge in [0.05, 0.1) is 6.61 Å². The monoisotopic (exact) mass is 63.0 g/mol. The van der Waals surface area contributed by atoms with Gasteiger partial charge in [-0.25, -0.2) is 0 Å². The van der Waals surface area contributed by atoms with Gasteiger partial charge in [-0.05, 0) is 11.4 Å². The molecule has 2 heteroatoms. The first-order chi connectivity index (χ1) is 1.91. The maximum Gasteiger partial charge on any atom is 0.0877 e. The van der Waals surface area contributed by atoms with Gasteiger partial charge in [0.25, 0.3) is 0 Å². The van der Waals surface area contributed by atoms with E-state index in [2.05, 4.69) is 11.9 Å². The number of hydrogen-bond acceptors (Lipinski definition) is 1. The van der Waals surface area contributed by atoms with E-state index in [-0.39, 0.29) is 6.61 Å². The molecule has 0 aliphatic carbocycles. The first-order valence-corrected chi connectivity index (χ1v) is 0.943. The van der Waals surface area contributed by atoms with Crippen LogP contribution in [0.2, 0.25) is 0 Å². The van der Waals surface area contributed by atoms with Crippen LogP contribution in [-0.2, 0) is 4.94 Å². The Balaban J connectivity index is 1.97. The van der Waals surface area contributed by atoms with E-state index in [1.807, 2.05) is 0 Å². The first kappa shape index (κ1) is 3.89. The fourth-order valence-electron chi connectivity index (χ4n) is 0. The van der Waals surface area contributed by atoms with Gasteiger partial charge in [-0.15, -0.1) is 0 Å². The zero-order valence-electron chi connectivity index (χ0n) is 2.20. The molecule has 0 amide bonds. The van der Waals surface area contributed by atoms with E-state index in [0.717, 1.165) is 0 Å². The number of rotatable bonds is 1. The lowest BCUT2D eigenvalue weighted by Gasteiger charge is -1.67. The van der Waals surface area contributed by atoms with Crippen molar-refractivity contribution in [1.82, 2.24) is 0 Å². The highest BCUT2D eigenvalue weighted by Gasteiger charge is 1.58. The number of halogens is 1. The van der Waals surface area contributed by atoms with E-state index >= 15 is 0 Å². The molecule has 1 radical (unpaired) electrons. The molecule has 0 fully saturated rings. The van der Waals surface area contributed by atoms with Crippen molar-refractivity contribution >= 4 is 0 Å². The Labute approximate surface area is 24.3 Å². The van der Waals surface area contributed by atoms with Crippen LogP contribution in [0.4, 0.5) is 4.53 Å². The largest absolute Gasteiger partial charge is 0.194 e. The fourth-order valence-corrected chi connectivity index (χ4v) is 0. The Morgan fingerprint density at radius 2 is 2.25 bits per heavy atom. The molecule has 4 heavy (non-hydrogen) atoms. The third-order valence-electron chi connectivity index (χ3n) is 0.0772. The Morgan fingerprint density at radius 1 is 2.00 bits per heavy atom. The van der Waals surface area contributed by atoms with Crippen molar-refractivity contribution in [2.45, 2.75) is 0 Å². The van der Waals surface area contributed by atoms with Crippen LogP contribution in [0.3, 0.4) is 0 Å². The Bertz CT molecular complexity index is 8.00. The Morgan fingerprint density at radius 3 is 2.25 bits per heavy atom. The van der Waals surface area contributed by atoms with Gasteiger partial charge in [0.1, 0.15) is 0 Å². The predicted molar refractivity (Wildman–Crippen MR) is 12.4 cm³/mol. The minimum absolute atomic E-state index is 0.0972. The van der Waals surface area contributed by atoms with E-state index in [4.69, 9.17) is 0 Å². The van der Waals surface area contributed by atoms with E-state index in [0.29, 0.717) is 0 Å². The molecular formula is C2H4FO. The molecule has 25 valence electrons. The molecule has 0 rings (SSSR count). The van der Waals surface area contributed by atoms with Gasteiger partial charge in [0, 0.05) is 0 Å². The van der Waals surface area contributed by atoms with Gasteiger partial charge in [-0.2, -0.15) is 4.94 Å². The quantitative estimate of drug-likeness (QED) is 0.435. The summed E-state index contributed by atoms with van der Waals surface area (Å²) in [6, 6.07) is 0. The topological polar surface area (TPSA) is 9.23 Å². The molecule has 0 saturated heterocycles. The third-order valence-corrected chi connectivity index (χ3v) is 0.0772. The second-order valence-corrected chi connectivity index (χ2v) is 0.313. The van der Waals surface area contributed by atoms with Gasteiger partial charge in [0.2, 0.25) is 0 Å². The van der Waals surface area contributed by atoms with Gasteiger partial charge in [0.15, 0.2) is 0 Å². The molecule has 0 saturated carbocycles. The Kier molecular flexibility index (Phi) is 2.81. The van der Waals surface area contributed by atoms with Gasteiger partial charge in [-0.1, -0.05) is 0 Å². The molecular weight excluding hydrogens is 59.0 g/mol. The molecule has 0 aromatic rings. The first-order valence-electron chi connectivity index (χ1n) is 0.943. The fraction of sp³-hybridized carbons (Fsp3) is 0.500. The van der Waals surface area contributed by atoms with Crippen LogP contribution in [0.1, 0.15) is 0 Å². The lowest BCUT2D eigenvalue weighted by atomic mass is 10.9. The summed E-state index contributed by atoms with van der Waals surface area (Å²) in [5.74, 6) is 0. The zero-order valence-corrected chi connectivity index (χ0v) is 2.20. The van der Waals surface area contributed by atoms with Gasteiger partial charge in [-0.3, -0.25) is 0 Å². The lowest BCUT2D eigenvalue weighted by molar-refractivity contribution is -0.118. The molecule has 0 atom stereocenters. The van der Waals surface area contributed by atoms with Crippen LogP contribution in [-0.4, -0.2) is 6.61 Å². The van der Waals surface area contributed by atoms with Crippen molar-refractivity contribution in [3.63, 3.8) is 0 Å². The van der Waals surface area contributed by atoms with Crippen LogP contribution in [0.15, 0.2) is 0 Å². The maximum atomic E-state index is 10.2. The average Bonchev–Trinajstić information content (AvgIpc) is 1.37. The van der Waals surface area contributed by atoms with Crippen LogP contribution < -0.4 is 0 Å². The molecule has 0 aliphatic rings. The maximum absolute atomic E-state index is 10.2. The zero-order chi connectivity index (χ0) is 3.41. The second kappa shape index (κ2) is 2.89. The standard InChI is InChI=1S/C2H4FO/c1-2-4-3/h1-2H2. The van der Waals surface area contributed by atoms with Crippen LogP contribution in [0.25, 0.3) is 0 Å². The molecule has 0 aliphatic heterocycles. The van der Waals surface area contributed by atoms with Gasteiger partial charge >= 0.3 is 0 Å². The molecule has 0 bridgehead atoms. The molecule has 0 heterocycles. The average molecular weight is 63.1 g/mol. The highest BCUT2D eigenvalue weighted by Crippen LogP contribution is 1.62. The van der Waals surface area contributed by atoms with E-state index < -0.39 is 0 Å². The van der Waals surface area contributed by atoms with E-state index in [1.54, 1.807) is 0 Å². The van der Waals surface area contributed by atoms with Crippen LogP contribution >= 0.6 is 0 Å². The van der Waals surface area contributed by atoms with Crippen molar-refractivity contribution < 1.29 is 9.47 Å². The summed E-state index contributed by atoms with van der Waals surface area (Å²) in [5, 5.41) is 0. The Hall–Kier alpha value is -0.110. The highest BCUT2D eigenvalue weighted by molar-refractivity contribution is 4.18. The van der Waals surface area contributed by atoms with Crippen LogP contribution in [0.5, 0.6) is 0 Å². The van der Waals surface area contributed by atoms with Gasteiger partial charge < -0.3 is 0 Å². The summed E-state index contributed by atoms with van der Waals surface area (Å²) in [7, 11) is 0. The molecule has 0 unspecified atom stereocenters. The summed E-state index contributed by atoms with van der Waals surface area (Å²) in [6.07, 6.45) is 0. The van der Waals surface area contributed by atoms with E-state index in [9.17, 15) is 4.53 Å². The molecule has 0 N–H and O–H groups in total. The normalized spacial score (nSPS) is 7.50. The highest BCUT2D eigenvalue weighted by atomic mass is 19.3. The molecule has 0 aromatic carbocycles. The van der Waals surface area contributed by atoms with Crippen molar-refractivity contribution in [3.8, 4) is 0 Å². The van der Waals surface area contributed by atoms with Crippen molar-refractivity contribution in [1.29, 1.82) is 0 Å². The second-order valence-electron chi connectivity index (χ2n) is 0.313. The summed E-state index contributed by atoms with van der Waals surface area (Å²) < 4.78 is 10.2. The SMILES string of the molecule is [CH2]COF. The van der Waals surface area contributed by atoms with Crippen molar-refractivity contribution in [2.75, 3.05) is 6.61 Å².